The van der Waals surface area contributed by atoms with Crippen molar-refractivity contribution in [2.24, 2.45) is 0 Å². The van der Waals surface area contributed by atoms with E-state index in [0.29, 0.717) is 50.4 Å². The number of benzene rings is 6. The molecular weight excluding hydrogens is 840 g/mol. The number of hydrogen-bond donors (Lipinski definition) is 2. The number of carbonyl (C=O) groups excluding carboxylic acids is 3. The summed E-state index contributed by atoms with van der Waals surface area (Å²) >= 11 is 0. The Morgan fingerprint density at radius 2 is 1.54 bits per heavy atom. The number of ether oxygens (including phenoxy) is 3. The van der Waals surface area contributed by atoms with Crippen LogP contribution < -0.4 is 19.5 Å². The average Bonchev–Trinajstić information content (AvgIpc) is 3.32. The topological polar surface area (TPSA) is 155 Å². The van der Waals surface area contributed by atoms with Crippen molar-refractivity contribution in [1.29, 1.82) is 5.26 Å². The van der Waals surface area contributed by atoms with Gasteiger partial charge in [0.25, 0.3) is 5.91 Å². The first-order valence-corrected chi connectivity index (χ1v) is 20.6. The first-order chi connectivity index (χ1) is 31.3. The van der Waals surface area contributed by atoms with E-state index in [-0.39, 0.29) is 49.5 Å². The zero-order chi connectivity index (χ0) is 45.8. The van der Waals surface area contributed by atoms with Crippen LogP contribution in [0.3, 0.4) is 0 Å². The molecule has 0 saturated heterocycles. The van der Waals surface area contributed by atoms with Gasteiger partial charge in [0.2, 0.25) is 5.91 Å². The van der Waals surface area contributed by atoms with Gasteiger partial charge in [-0.1, -0.05) is 78.9 Å². The number of Topliss-reactive ketones (excluding diaryl/α,β-unsaturated/α-hetero) is 1. The van der Waals surface area contributed by atoms with Crippen molar-refractivity contribution in [3.05, 3.63) is 184 Å². The molecule has 2 aliphatic rings. The SMILES string of the molecule is COc1ccc(COc2ccc(C3Oc4cc5c(cc4CC3=O)C[C@@H](C(=O)N[C@@H](Cc3ccc(-c4ccc(C#N)cc4)cc3)C(=O)O)N(C(=O)c3ccccc3)C5)cc2)cc1C(F)(F)F. The van der Waals surface area contributed by atoms with Crippen LogP contribution in [0.15, 0.2) is 133 Å². The summed E-state index contributed by atoms with van der Waals surface area (Å²) in [7, 11) is 1.17. The largest absolute Gasteiger partial charge is 0.496 e. The minimum absolute atomic E-state index is 0.00432. The quantitative estimate of drug-likeness (QED) is 0.123. The number of alkyl halides is 3. The Labute approximate surface area is 371 Å². The van der Waals surface area contributed by atoms with Gasteiger partial charge in [0.1, 0.15) is 35.9 Å². The van der Waals surface area contributed by atoms with Gasteiger partial charge >= 0.3 is 12.1 Å². The fourth-order valence-corrected chi connectivity index (χ4v) is 8.08. The number of nitrogens with one attached hydrogen (secondary N) is 1. The number of carboxylic acids is 1. The van der Waals surface area contributed by atoms with Crippen LogP contribution in [0.1, 0.15) is 61.0 Å². The third kappa shape index (κ3) is 9.69. The van der Waals surface area contributed by atoms with Gasteiger partial charge in [-0.05, 0) is 88.0 Å². The molecule has 0 aromatic heterocycles. The molecule has 328 valence electrons. The summed E-state index contributed by atoms with van der Waals surface area (Å²) in [6, 6.07) is 36.2. The molecule has 2 heterocycles. The van der Waals surface area contributed by atoms with E-state index in [1.807, 2.05) is 24.3 Å². The third-order valence-electron chi connectivity index (χ3n) is 11.5. The summed E-state index contributed by atoms with van der Waals surface area (Å²) in [5.74, 6) is -2.05. The second-order valence-corrected chi connectivity index (χ2v) is 15.8. The third-order valence-corrected chi connectivity index (χ3v) is 11.5. The van der Waals surface area contributed by atoms with Gasteiger partial charge in [-0.2, -0.15) is 18.4 Å². The Kier molecular flexibility index (Phi) is 12.4. The van der Waals surface area contributed by atoms with Crippen molar-refractivity contribution in [1.82, 2.24) is 10.2 Å². The predicted octanol–water partition coefficient (Wildman–Crippen LogP) is 8.46. The number of rotatable bonds is 12. The van der Waals surface area contributed by atoms with E-state index in [2.05, 4.69) is 11.4 Å². The van der Waals surface area contributed by atoms with E-state index < -0.39 is 47.7 Å². The lowest BCUT2D eigenvalue weighted by Gasteiger charge is -2.37. The molecule has 11 nitrogen and oxygen atoms in total. The van der Waals surface area contributed by atoms with Crippen molar-refractivity contribution < 1.29 is 51.7 Å². The monoisotopic (exact) mass is 879 g/mol. The molecule has 0 radical (unpaired) electrons. The van der Waals surface area contributed by atoms with Crippen molar-refractivity contribution in [2.45, 2.75) is 56.8 Å². The average molecular weight is 880 g/mol. The standard InChI is InChI=1S/C51H40F3N3O8/c1-63-45-20-11-32(21-41(45)51(52,53)54)29-64-40-18-16-35(17-19-40)47-44(58)25-38-23-37-24-43(57(28-39(37)26-46(38)65-47)49(60)36-5-3-2-4-6-36)48(59)56-42(50(61)62)22-30-7-12-33(13-8-30)34-14-9-31(27-55)10-15-34/h2-21,23,26,42-43,47H,22,24-25,28-29H2,1H3,(H,56,59)(H,61,62)/t42-,43-,47?/m0/s1. The number of methoxy groups -OCH3 is 1. The summed E-state index contributed by atoms with van der Waals surface area (Å²) in [5.41, 5.74) is 5.19. The van der Waals surface area contributed by atoms with Gasteiger partial charge in [-0.25, -0.2) is 4.79 Å². The summed E-state index contributed by atoms with van der Waals surface area (Å²) in [6.45, 7) is -0.150. The molecule has 2 aliphatic heterocycles. The highest BCUT2D eigenvalue weighted by Crippen LogP contribution is 2.39. The second kappa shape index (κ2) is 18.4. The summed E-state index contributed by atoms with van der Waals surface area (Å²) in [4.78, 5) is 55.8. The van der Waals surface area contributed by atoms with E-state index in [0.717, 1.165) is 17.2 Å². The van der Waals surface area contributed by atoms with Crippen molar-refractivity contribution in [2.75, 3.05) is 7.11 Å². The number of amides is 2. The van der Waals surface area contributed by atoms with Crippen LogP contribution >= 0.6 is 0 Å². The van der Waals surface area contributed by atoms with Crippen LogP contribution in [-0.4, -0.2) is 52.8 Å². The number of ketones is 1. The molecule has 14 heteroatoms. The van der Waals surface area contributed by atoms with Crippen LogP contribution in [0.25, 0.3) is 11.1 Å². The zero-order valence-corrected chi connectivity index (χ0v) is 34.8. The molecule has 6 aromatic rings. The molecule has 0 spiro atoms. The lowest BCUT2D eigenvalue weighted by molar-refractivity contribution is -0.142. The number of fused-ring (bicyclic) bond motifs is 2. The van der Waals surface area contributed by atoms with E-state index >= 15 is 0 Å². The van der Waals surface area contributed by atoms with Gasteiger partial charge < -0.3 is 29.5 Å². The molecule has 0 saturated carbocycles. The van der Waals surface area contributed by atoms with Crippen LogP contribution in [0.4, 0.5) is 13.2 Å². The highest BCUT2D eigenvalue weighted by atomic mass is 19.4. The van der Waals surface area contributed by atoms with Gasteiger partial charge in [-0.15, -0.1) is 0 Å². The Hall–Kier alpha value is -7.92. The van der Waals surface area contributed by atoms with Crippen LogP contribution in [0, 0.1) is 11.3 Å². The molecule has 6 aromatic carbocycles. The molecule has 0 bridgehead atoms. The summed E-state index contributed by atoms with van der Waals surface area (Å²) in [5, 5.41) is 22.1. The number of nitrogens with zero attached hydrogens (tertiary/aromatic N) is 2. The van der Waals surface area contributed by atoms with Crippen LogP contribution in [0.5, 0.6) is 17.2 Å². The van der Waals surface area contributed by atoms with E-state index in [9.17, 15) is 37.5 Å². The smallest absolute Gasteiger partial charge is 0.419 e. The van der Waals surface area contributed by atoms with Crippen LogP contribution in [0.2, 0.25) is 0 Å². The van der Waals surface area contributed by atoms with Gasteiger partial charge in [-0.3, -0.25) is 14.4 Å². The minimum Gasteiger partial charge on any atom is -0.496 e. The lowest BCUT2D eigenvalue weighted by Crippen LogP contribution is -2.56. The van der Waals surface area contributed by atoms with Crippen LogP contribution in [-0.2, 0) is 53.0 Å². The van der Waals surface area contributed by atoms with Gasteiger partial charge in [0, 0.05) is 42.5 Å². The minimum atomic E-state index is -4.61. The maximum absolute atomic E-state index is 14.2. The molecule has 0 aliphatic carbocycles. The molecule has 8 rings (SSSR count). The maximum atomic E-state index is 14.2. The Morgan fingerprint density at radius 1 is 0.862 bits per heavy atom. The maximum Gasteiger partial charge on any atom is 0.419 e. The highest BCUT2D eigenvalue weighted by Gasteiger charge is 2.39. The molecule has 65 heavy (non-hydrogen) atoms. The van der Waals surface area contributed by atoms with Crippen molar-refractivity contribution in [3.8, 4) is 34.4 Å². The number of nitriles is 1. The number of hydrogen-bond acceptors (Lipinski definition) is 8. The summed E-state index contributed by atoms with van der Waals surface area (Å²) < 4.78 is 57.5. The predicted molar refractivity (Wildman–Crippen MR) is 231 cm³/mol. The molecular formula is C51H40F3N3O8. The molecule has 1 unspecified atom stereocenters. The molecule has 3 atom stereocenters. The Bertz CT molecular complexity index is 2810. The first kappa shape index (κ1) is 43.7. The van der Waals surface area contributed by atoms with Gasteiger partial charge in [0.05, 0.1) is 24.3 Å². The second-order valence-electron chi connectivity index (χ2n) is 15.8. The van der Waals surface area contributed by atoms with E-state index in [1.54, 1.807) is 91.0 Å². The van der Waals surface area contributed by atoms with E-state index in [4.69, 9.17) is 19.5 Å². The number of carbonyl (C=O) groups is 4. The summed E-state index contributed by atoms with van der Waals surface area (Å²) in [6.07, 6.45) is -5.55. The molecule has 0 fully saturated rings. The Morgan fingerprint density at radius 3 is 2.18 bits per heavy atom. The zero-order valence-electron chi connectivity index (χ0n) is 34.8. The highest BCUT2D eigenvalue weighted by molar-refractivity contribution is 5.98. The number of carboxylic acid groups (broad SMARTS) is 1. The molecule has 2 N–H and O–H groups in total. The van der Waals surface area contributed by atoms with Gasteiger partial charge in [0.15, 0.2) is 11.9 Å². The first-order valence-electron chi connectivity index (χ1n) is 20.6. The van der Waals surface area contributed by atoms with Crippen molar-refractivity contribution in [3.63, 3.8) is 0 Å². The Balaban J connectivity index is 0.979. The molecule has 2 amide bonds. The fourth-order valence-electron chi connectivity index (χ4n) is 8.08. The van der Waals surface area contributed by atoms with E-state index in [1.165, 1.54) is 24.1 Å². The normalized spacial score (nSPS) is 15.9. The fraction of sp³-hybridized carbons (Fsp3) is 0.196. The number of halogens is 3. The van der Waals surface area contributed by atoms with Crippen molar-refractivity contribution >= 4 is 23.6 Å². The lowest BCUT2D eigenvalue weighted by atomic mass is 9.87. The number of aliphatic carboxylic acids is 1.